The third-order valence-corrected chi connectivity index (χ3v) is 4.90. The van der Waals surface area contributed by atoms with E-state index in [9.17, 15) is 4.21 Å². The minimum Gasteiger partial charge on any atom is -0.309 e. The lowest BCUT2D eigenvalue weighted by Gasteiger charge is -2.19. The lowest BCUT2D eigenvalue weighted by Crippen LogP contribution is -2.30. The molecule has 0 spiro atoms. The molecule has 18 heavy (non-hydrogen) atoms. The molecule has 0 heterocycles. The summed E-state index contributed by atoms with van der Waals surface area (Å²) in [5.41, 5.74) is 2.57. The third kappa shape index (κ3) is 4.91. The molecule has 1 rings (SSSR count). The molecule has 3 heteroatoms. The summed E-state index contributed by atoms with van der Waals surface area (Å²) in [6.07, 6.45) is 0. The van der Waals surface area contributed by atoms with Crippen LogP contribution in [0.1, 0.15) is 44.9 Å². The maximum Gasteiger partial charge on any atom is 0.0375 e. The summed E-state index contributed by atoms with van der Waals surface area (Å²) in [6.45, 7) is 11.1. The van der Waals surface area contributed by atoms with Crippen molar-refractivity contribution >= 4 is 10.8 Å². The van der Waals surface area contributed by atoms with Gasteiger partial charge in [0.2, 0.25) is 0 Å². The molecular weight excluding hydrogens is 242 g/mol. The van der Waals surface area contributed by atoms with Crippen LogP contribution in [-0.2, 0) is 10.8 Å². The van der Waals surface area contributed by atoms with E-state index in [4.69, 9.17) is 0 Å². The zero-order chi connectivity index (χ0) is 13.8. The Bertz CT molecular complexity index is 409. The van der Waals surface area contributed by atoms with Crippen LogP contribution in [0.25, 0.3) is 0 Å². The van der Waals surface area contributed by atoms with Gasteiger partial charge in [-0.2, -0.15) is 0 Å². The molecule has 102 valence electrons. The molecule has 1 N–H and O–H groups in total. The molecule has 0 aliphatic heterocycles. The average molecular weight is 267 g/mol. The second-order valence-corrected chi connectivity index (χ2v) is 8.08. The smallest absolute Gasteiger partial charge is 0.0375 e. The van der Waals surface area contributed by atoms with E-state index in [2.05, 4.69) is 43.4 Å². The summed E-state index contributed by atoms with van der Waals surface area (Å²) in [6, 6.07) is 8.81. The van der Waals surface area contributed by atoms with E-state index in [1.807, 2.05) is 20.8 Å². The molecule has 0 radical (unpaired) electrons. The zero-order valence-corrected chi connectivity index (χ0v) is 12.9. The van der Waals surface area contributed by atoms with E-state index >= 15 is 0 Å². The Labute approximate surface area is 114 Å². The van der Waals surface area contributed by atoms with Gasteiger partial charge in [-0.05, 0) is 40.2 Å². The molecule has 0 aromatic heterocycles. The maximum atomic E-state index is 11.9. The number of benzene rings is 1. The van der Waals surface area contributed by atoms with Gasteiger partial charge in [0.05, 0.1) is 0 Å². The SMILES string of the molecule is Cc1cccc([C@@H](C)NCC[S@](=O)C(C)(C)C)c1. The van der Waals surface area contributed by atoms with E-state index in [0.29, 0.717) is 11.8 Å². The molecule has 0 saturated heterocycles. The van der Waals surface area contributed by atoms with Gasteiger partial charge in [-0.15, -0.1) is 0 Å². The van der Waals surface area contributed by atoms with Crippen LogP contribution in [0.5, 0.6) is 0 Å². The Morgan fingerprint density at radius 1 is 1.33 bits per heavy atom. The van der Waals surface area contributed by atoms with Gasteiger partial charge in [0.1, 0.15) is 0 Å². The predicted molar refractivity (Wildman–Crippen MR) is 80.4 cm³/mol. The van der Waals surface area contributed by atoms with Crippen LogP contribution in [0.3, 0.4) is 0 Å². The fourth-order valence-corrected chi connectivity index (χ4v) is 2.65. The second kappa shape index (κ2) is 6.48. The lowest BCUT2D eigenvalue weighted by molar-refractivity contribution is 0.591. The van der Waals surface area contributed by atoms with Crippen molar-refractivity contribution in [2.24, 2.45) is 0 Å². The van der Waals surface area contributed by atoms with E-state index in [1.54, 1.807) is 0 Å². The first-order valence-electron chi connectivity index (χ1n) is 6.49. The third-order valence-electron chi connectivity index (χ3n) is 2.96. The van der Waals surface area contributed by atoms with Crippen molar-refractivity contribution in [2.45, 2.75) is 45.4 Å². The molecule has 0 fully saturated rings. The van der Waals surface area contributed by atoms with Crippen LogP contribution in [0.15, 0.2) is 24.3 Å². The van der Waals surface area contributed by atoms with Gasteiger partial charge >= 0.3 is 0 Å². The highest BCUT2D eigenvalue weighted by Crippen LogP contribution is 2.14. The van der Waals surface area contributed by atoms with Crippen LogP contribution in [0.4, 0.5) is 0 Å². The Morgan fingerprint density at radius 3 is 2.56 bits per heavy atom. The molecule has 1 aromatic carbocycles. The largest absolute Gasteiger partial charge is 0.309 e. The summed E-state index contributed by atoms with van der Waals surface area (Å²) >= 11 is 0. The van der Waals surface area contributed by atoms with E-state index in [1.165, 1.54) is 11.1 Å². The minimum absolute atomic E-state index is 0.117. The molecule has 0 saturated carbocycles. The van der Waals surface area contributed by atoms with Crippen LogP contribution < -0.4 is 5.32 Å². The average Bonchev–Trinajstić information content (AvgIpc) is 2.27. The molecule has 0 aliphatic rings. The zero-order valence-electron chi connectivity index (χ0n) is 12.1. The van der Waals surface area contributed by atoms with E-state index in [-0.39, 0.29) is 4.75 Å². The monoisotopic (exact) mass is 267 g/mol. The van der Waals surface area contributed by atoms with Gasteiger partial charge in [-0.3, -0.25) is 4.21 Å². The van der Waals surface area contributed by atoms with Gasteiger partial charge in [-0.25, -0.2) is 0 Å². The molecule has 2 nitrogen and oxygen atoms in total. The van der Waals surface area contributed by atoms with Crippen LogP contribution in [0.2, 0.25) is 0 Å². The van der Waals surface area contributed by atoms with E-state index in [0.717, 1.165) is 6.54 Å². The number of hydrogen-bond donors (Lipinski definition) is 1. The van der Waals surface area contributed by atoms with E-state index < -0.39 is 10.8 Å². The molecule has 0 amide bonds. The number of rotatable bonds is 5. The van der Waals surface area contributed by atoms with Crippen molar-refractivity contribution in [3.05, 3.63) is 35.4 Å². The van der Waals surface area contributed by atoms with Gasteiger partial charge in [0, 0.05) is 33.9 Å². The summed E-state index contributed by atoms with van der Waals surface area (Å²) < 4.78 is 11.8. The second-order valence-electron chi connectivity index (χ2n) is 5.75. The molecule has 0 unspecified atom stereocenters. The number of aryl methyl sites for hydroxylation is 1. The molecule has 0 aliphatic carbocycles. The maximum absolute atomic E-state index is 11.9. The molecule has 0 bridgehead atoms. The molecule has 2 atom stereocenters. The predicted octanol–water partition coefficient (Wildman–Crippen LogP) is 3.19. The topological polar surface area (TPSA) is 29.1 Å². The minimum atomic E-state index is -0.777. The van der Waals surface area contributed by atoms with Crippen molar-refractivity contribution in [3.8, 4) is 0 Å². The highest BCUT2D eigenvalue weighted by Gasteiger charge is 2.18. The van der Waals surface area contributed by atoms with Crippen LogP contribution >= 0.6 is 0 Å². The van der Waals surface area contributed by atoms with Crippen molar-refractivity contribution in [2.75, 3.05) is 12.3 Å². The highest BCUT2D eigenvalue weighted by molar-refractivity contribution is 7.86. The fourth-order valence-electron chi connectivity index (χ4n) is 1.73. The standard InChI is InChI=1S/C15H25NOS/c1-12-7-6-8-14(11-12)13(2)16-9-10-18(17)15(3,4)5/h6-8,11,13,16H,9-10H2,1-5H3/t13-,18+/m1/s1. The summed E-state index contributed by atoms with van der Waals surface area (Å²) in [7, 11) is -0.777. The first kappa shape index (κ1) is 15.4. The van der Waals surface area contributed by atoms with Gasteiger partial charge in [0.15, 0.2) is 0 Å². The summed E-state index contributed by atoms with van der Waals surface area (Å²) in [5, 5.41) is 3.44. The first-order valence-corrected chi connectivity index (χ1v) is 7.81. The fraction of sp³-hybridized carbons (Fsp3) is 0.600. The van der Waals surface area contributed by atoms with Crippen LogP contribution in [-0.4, -0.2) is 21.3 Å². The Morgan fingerprint density at radius 2 is 2.00 bits per heavy atom. The van der Waals surface area contributed by atoms with Gasteiger partial charge in [-0.1, -0.05) is 29.8 Å². The Balaban J connectivity index is 2.43. The van der Waals surface area contributed by atoms with Crippen LogP contribution in [0, 0.1) is 6.92 Å². The van der Waals surface area contributed by atoms with Crippen molar-refractivity contribution in [3.63, 3.8) is 0 Å². The molecule has 1 aromatic rings. The Kier molecular flexibility index (Phi) is 5.54. The lowest BCUT2D eigenvalue weighted by atomic mass is 10.1. The van der Waals surface area contributed by atoms with Crippen molar-refractivity contribution < 1.29 is 4.21 Å². The summed E-state index contributed by atoms with van der Waals surface area (Å²) in [5.74, 6) is 0.708. The first-order chi connectivity index (χ1) is 8.30. The Hall–Kier alpha value is -0.670. The molecular formula is C15H25NOS. The van der Waals surface area contributed by atoms with Gasteiger partial charge < -0.3 is 5.32 Å². The normalized spacial score (nSPS) is 15.4. The van der Waals surface area contributed by atoms with Gasteiger partial charge in [0.25, 0.3) is 0 Å². The number of hydrogen-bond acceptors (Lipinski definition) is 2. The van der Waals surface area contributed by atoms with Crippen molar-refractivity contribution in [1.29, 1.82) is 0 Å². The summed E-state index contributed by atoms with van der Waals surface area (Å²) in [4.78, 5) is 0. The number of nitrogens with one attached hydrogen (secondary N) is 1. The quantitative estimate of drug-likeness (QED) is 0.887. The highest BCUT2D eigenvalue weighted by atomic mass is 32.2. The van der Waals surface area contributed by atoms with Crippen molar-refractivity contribution in [1.82, 2.24) is 5.32 Å².